The van der Waals surface area contributed by atoms with Crippen molar-refractivity contribution in [1.29, 1.82) is 0 Å². The molecule has 0 radical (unpaired) electrons. The zero-order valence-corrected chi connectivity index (χ0v) is 16.3. The van der Waals surface area contributed by atoms with E-state index in [2.05, 4.69) is 25.8 Å². The molecule has 1 aromatic rings. The molecule has 7 heteroatoms. The number of aliphatic imine (C=N–C) groups is 1. The SMILES string of the molecule is CC(C)(C)c1ccc(S(=O)(=O)CCN=C(N)N2CCSCC2)cc1. The Balaban J connectivity index is 1.98. The van der Waals surface area contributed by atoms with Gasteiger partial charge in [0.1, 0.15) is 0 Å². The zero-order chi connectivity index (χ0) is 17.8. The fourth-order valence-corrected chi connectivity index (χ4v) is 4.47. The molecule has 1 aliphatic heterocycles. The monoisotopic (exact) mass is 369 g/mol. The van der Waals surface area contributed by atoms with E-state index in [1.54, 1.807) is 12.1 Å². The largest absolute Gasteiger partial charge is 0.370 e. The molecule has 134 valence electrons. The molecule has 0 amide bonds. The van der Waals surface area contributed by atoms with E-state index >= 15 is 0 Å². The van der Waals surface area contributed by atoms with Crippen molar-refractivity contribution in [1.82, 2.24) is 4.90 Å². The van der Waals surface area contributed by atoms with Gasteiger partial charge in [-0.2, -0.15) is 11.8 Å². The number of hydrogen-bond donors (Lipinski definition) is 1. The highest BCUT2D eigenvalue weighted by Crippen LogP contribution is 2.23. The van der Waals surface area contributed by atoms with Gasteiger partial charge in [0.05, 0.1) is 17.2 Å². The van der Waals surface area contributed by atoms with Crippen molar-refractivity contribution in [2.75, 3.05) is 36.9 Å². The summed E-state index contributed by atoms with van der Waals surface area (Å²) < 4.78 is 24.8. The van der Waals surface area contributed by atoms with Crippen molar-refractivity contribution in [3.63, 3.8) is 0 Å². The first kappa shape index (κ1) is 19.1. The molecule has 1 aliphatic rings. The Morgan fingerprint density at radius 2 is 1.79 bits per heavy atom. The van der Waals surface area contributed by atoms with Crippen molar-refractivity contribution in [2.24, 2.45) is 10.7 Å². The van der Waals surface area contributed by atoms with E-state index in [4.69, 9.17) is 5.73 Å². The highest BCUT2D eigenvalue weighted by atomic mass is 32.2. The molecule has 1 aromatic carbocycles. The fourth-order valence-electron chi connectivity index (χ4n) is 2.45. The second-order valence-corrected chi connectivity index (χ2v) is 10.3. The minimum absolute atomic E-state index is 0.00770. The molecule has 0 aliphatic carbocycles. The van der Waals surface area contributed by atoms with Crippen molar-refractivity contribution in [2.45, 2.75) is 31.1 Å². The zero-order valence-electron chi connectivity index (χ0n) is 14.7. The first-order valence-corrected chi connectivity index (χ1v) is 11.0. The highest BCUT2D eigenvalue weighted by Gasteiger charge is 2.18. The topological polar surface area (TPSA) is 75.8 Å². The van der Waals surface area contributed by atoms with Gasteiger partial charge in [0.15, 0.2) is 15.8 Å². The molecule has 0 bridgehead atoms. The summed E-state index contributed by atoms with van der Waals surface area (Å²) in [5, 5.41) is 0. The molecule has 2 N–H and O–H groups in total. The van der Waals surface area contributed by atoms with Crippen LogP contribution < -0.4 is 5.73 Å². The summed E-state index contributed by atoms with van der Waals surface area (Å²) in [4.78, 5) is 6.61. The molecule has 0 atom stereocenters. The molecule has 0 saturated carbocycles. The predicted molar refractivity (Wildman–Crippen MR) is 103 cm³/mol. The second-order valence-electron chi connectivity index (χ2n) is 6.93. The van der Waals surface area contributed by atoms with Gasteiger partial charge in [0, 0.05) is 24.6 Å². The van der Waals surface area contributed by atoms with Crippen LogP contribution in [0.15, 0.2) is 34.2 Å². The van der Waals surface area contributed by atoms with E-state index in [-0.39, 0.29) is 17.7 Å². The Morgan fingerprint density at radius 3 is 2.33 bits per heavy atom. The maximum absolute atomic E-state index is 12.4. The fraction of sp³-hybridized carbons (Fsp3) is 0.588. The van der Waals surface area contributed by atoms with Crippen LogP contribution in [0.3, 0.4) is 0 Å². The van der Waals surface area contributed by atoms with Gasteiger partial charge in [-0.15, -0.1) is 0 Å². The summed E-state index contributed by atoms with van der Waals surface area (Å²) in [7, 11) is -3.33. The average Bonchev–Trinajstić information content (AvgIpc) is 2.55. The molecule has 2 rings (SSSR count). The number of guanidine groups is 1. The first-order valence-electron chi connectivity index (χ1n) is 8.16. The number of thioether (sulfide) groups is 1. The molecule has 0 spiro atoms. The van der Waals surface area contributed by atoms with Crippen LogP contribution in [0.2, 0.25) is 0 Å². The number of rotatable bonds is 4. The smallest absolute Gasteiger partial charge is 0.191 e. The van der Waals surface area contributed by atoms with Gasteiger partial charge in [-0.25, -0.2) is 8.42 Å². The maximum Gasteiger partial charge on any atom is 0.191 e. The van der Waals surface area contributed by atoms with Crippen LogP contribution in [0.4, 0.5) is 0 Å². The van der Waals surface area contributed by atoms with Crippen molar-refractivity contribution < 1.29 is 8.42 Å². The minimum Gasteiger partial charge on any atom is -0.370 e. The standard InChI is InChI=1S/C17H27N3O2S2/c1-17(2,3)14-4-6-15(7-5-14)24(21,22)13-8-19-16(18)20-9-11-23-12-10-20/h4-7H,8-13H2,1-3H3,(H2,18,19). The summed E-state index contributed by atoms with van der Waals surface area (Å²) in [5.41, 5.74) is 7.08. The Hall–Kier alpha value is -1.21. The number of benzene rings is 1. The third-order valence-corrected chi connectivity index (χ3v) is 6.70. The van der Waals surface area contributed by atoms with Gasteiger partial charge in [-0.3, -0.25) is 4.99 Å². The van der Waals surface area contributed by atoms with Crippen LogP contribution in [0, 0.1) is 0 Å². The summed E-state index contributed by atoms with van der Waals surface area (Å²) in [5.74, 6) is 2.50. The number of nitrogens with zero attached hydrogens (tertiary/aromatic N) is 2. The quantitative estimate of drug-likeness (QED) is 0.650. The van der Waals surface area contributed by atoms with Crippen LogP contribution in [0.1, 0.15) is 26.3 Å². The molecule has 5 nitrogen and oxygen atoms in total. The molecule has 24 heavy (non-hydrogen) atoms. The molecule has 1 fully saturated rings. The van der Waals surface area contributed by atoms with E-state index in [1.807, 2.05) is 28.8 Å². The van der Waals surface area contributed by atoms with E-state index in [0.29, 0.717) is 10.9 Å². The molecule has 1 heterocycles. The molecular formula is C17H27N3O2S2. The van der Waals surface area contributed by atoms with E-state index < -0.39 is 9.84 Å². The Bertz CT molecular complexity index is 671. The predicted octanol–water partition coefficient (Wildman–Crippen LogP) is 2.12. The lowest BCUT2D eigenvalue weighted by atomic mass is 9.87. The summed E-state index contributed by atoms with van der Waals surface area (Å²) >= 11 is 1.90. The van der Waals surface area contributed by atoms with Crippen LogP contribution >= 0.6 is 11.8 Å². The van der Waals surface area contributed by atoms with Gasteiger partial charge < -0.3 is 10.6 Å². The van der Waals surface area contributed by atoms with Crippen LogP contribution in [0.5, 0.6) is 0 Å². The third-order valence-electron chi connectivity index (χ3n) is 4.05. The Kier molecular flexibility index (Phi) is 6.20. The first-order chi connectivity index (χ1) is 11.2. The van der Waals surface area contributed by atoms with Crippen LogP contribution in [0.25, 0.3) is 0 Å². The third kappa shape index (κ3) is 5.14. The summed E-state index contributed by atoms with van der Waals surface area (Å²) in [6.07, 6.45) is 0. The highest BCUT2D eigenvalue weighted by molar-refractivity contribution is 7.99. The second kappa shape index (κ2) is 7.78. The lowest BCUT2D eigenvalue weighted by Crippen LogP contribution is -2.42. The summed E-state index contributed by atoms with van der Waals surface area (Å²) in [6.45, 7) is 8.26. The molecule has 0 unspecified atom stereocenters. The normalized spacial score (nSPS) is 17.1. The van der Waals surface area contributed by atoms with Gasteiger partial charge in [0.2, 0.25) is 0 Å². The maximum atomic E-state index is 12.4. The molecule has 1 saturated heterocycles. The van der Waals surface area contributed by atoms with E-state index in [0.717, 1.165) is 30.2 Å². The van der Waals surface area contributed by atoms with Gasteiger partial charge in [0.25, 0.3) is 0 Å². The number of sulfone groups is 1. The van der Waals surface area contributed by atoms with Gasteiger partial charge in [-0.05, 0) is 23.1 Å². The molecular weight excluding hydrogens is 342 g/mol. The van der Waals surface area contributed by atoms with Crippen LogP contribution in [-0.4, -0.2) is 56.2 Å². The Labute approximate surface area is 149 Å². The molecule has 0 aromatic heterocycles. The average molecular weight is 370 g/mol. The van der Waals surface area contributed by atoms with E-state index in [9.17, 15) is 8.42 Å². The minimum atomic E-state index is -3.33. The van der Waals surface area contributed by atoms with Gasteiger partial charge in [-0.1, -0.05) is 32.9 Å². The lowest BCUT2D eigenvalue weighted by molar-refractivity contribution is 0.456. The van der Waals surface area contributed by atoms with Crippen molar-refractivity contribution in [3.05, 3.63) is 29.8 Å². The van der Waals surface area contributed by atoms with Gasteiger partial charge >= 0.3 is 0 Å². The summed E-state index contributed by atoms with van der Waals surface area (Å²) in [6, 6.07) is 7.14. The van der Waals surface area contributed by atoms with E-state index in [1.165, 1.54) is 0 Å². The Morgan fingerprint density at radius 1 is 1.21 bits per heavy atom. The van der Waals surface area contributed by atoms with Crippen molar-refractivity contribution in [3.8, 4) is 0 Å². The lowest BCUT2D eigenvalue weighted by Gasteiger charge is -2.27. The number of hydrogen-bond acceptors (Lipinski definition) is 4. The van der Waals surface area contributed by atoms with Crippen LogP contribution in [-0.2, 0) is 15.3 Å². The van der Waals surface area contributed by atoms with Crippen molar-refractivity contribution >= 4 is 27.6 Å². The number of nitrogens with two attached hydrogens (primary N) is 1.